The smallest absolute Gasteiger partial charge is 0.337 e. The number of nitrogens with one attached hydrogen (secondary N) is 1. The molecule has 0 radical (unpaired) electrons. The lowest BCUT2D eigenvalue weighted by Crippen LogP contribution is -2.58. The molecular formula is C31H34N2O6. The molecule has 5 rings (SSSR count). The van der Waals surface area contributed by atoms with Crippen molar-refractivity contribution >= 4 is 17.8 Å². The maximum atomic E-state index is 14.5. The van der Waals surface area contributed by atoms with Gasteiger partial charge in [0.15, 0.2) is 0 Å². The summed E-state index contributed by atoms with van der Waals surface area (Å²) in [5.74, 6) is -1.38. The van der Waals surface area contributed by atoms with Gasteiger partial charge in [0, 0.05) is 6.54 Å². The summed E-state index contributed by atoms with van der Waals surface area (Å²) < 4.78 is 16.7. The fourth-order valence-electron chi connectivity index (χ4n) is 5.98. The van der Waals surface area contributed by atoms with Gasteiger partial charge in [-0.15, -0.1) is 0 Å². The van der Waals surface area contributed by atoms with Crippen LogP contribution in [0.1, 0.15) is 30.4 Å². The van der Waals surface area contributed by atoms with Gasteiger partial charge in [0.2, 0.25) is 5.91 Å². The molecule has 2 aromatic rings. The van der Waals surface area contributed by atoms with Crippen LogP contribution >= 0.6 is 0 Å². The van der Waals surface area contributed by atoms with Crippen LogP contribution < -0.4 is 5.32 Å². The van der Waals surface area contributed by atoms with Crippen molar-refractivity contribution in [2.45, 2.75) is 56.0 Å². The predicted octanol–water partition coefficient (Wildman–Crippen LogP) is 3.12. The number of carbonyl (C=O) groups is 3. The maximum Gasteiger partial charge on any atom is 0.337 e. The van der Waals surface area contributed by atoms with E-state index in [1.807, 2.05) is 71.6 Å². The van der Waals surface area contributed by atoms with Crippen molar-refractivity contribution in [3.8, 4) is 0 Å². The molecule has 8 heteroatoms. The number of rotatable bonds is 7. The van der Waals surface area contributed by atoms with Crippen molar-refractivity contribution < 1.29 is 28.6 Å². The molecule has 1 amide bonds. The molecule has 3 heterocycles. The molecule has 1 saturated heterocycles. The van der Waals surface area contributed by atoms with Gasteiger partial charge in [0.05, 0.1) is 37.4 Å². The summed E-state index contributed by atoms with van der Waals surface area (Å²) in [6.07, 6.45) is 5.59. The van der Waals surface area contributed by atoms with Crippen molar-refractivity contribution in [2.24, 2.45) is 0 Å². The number of methoxy groups -OCH3 is 2. The van der Waals surface area contributed by atoms with Gasteiger partial charge >= 0.3 is 11.9 Å². The Labute approximate surface area is 228 Å². The van der Waals surface area contributed by atoms with Crippen LogP contribution in [0.4, 0.5) is 0 Å². The second kappa shape index (κ2) is 11.6. The number of amides is 1. The summed E-state index contributed by atoms with van der Waals surface area (Å²) in [6.45, 7) is 1.01. The third-order valence-corrected chi connectivity index (χ3v) is 7.81. The Morgan fingerprint density at radius 3 is 2.31 bits per heavy atom. The van der Waals surface area contributed by atoms with Gasteiger partial charge in [-0.05, 0) is 43.0 Å². The minimum Gasteiger partial charge on any atom is -0.466 e. The zero-order valence-electron chi connectivity index (χ0n) is 22.3. The largest absolute Gasteiger partial charge is 0.466 e. The van der Waals surface area contributed by atoms with Crippen molar-refractivity contribution in [1.29, 1.82) is 0 Å². The molecule has 2 bridgehead atoms. The van der Waals surface area contributed by atoms with Gasteiger partial charge in [0.25, 0.3) is 0 Å². The van der Waals surface area contributed by atoms with E-state index >= 15 is 0 Å². The zero-order valence-corrected chi connectivity index (χ0v) is 22.3. The van der Waals surface area contributed by atoms with Crippen LogP contribution in [-0.4, -0.2) is 67.3 Å². The highest BCUT2D eigenvalue weighted by atomic mass is 16.6. The first-order valence-electron chi connectivity index (χ1n) is 13.4. The van der Waals surface area contributed by atoms with E-state index in [1.165, 1.54) is 14.2 Å². The highest BCUT2D eigenvalue weighted by Gasteiger charge is 2.60. The number of esters is 2. The van der Waals surface area contributed by atoms with Gasteiger partial charge in [-0.2, -0.15) is 0 Å². The summed E-state index contributed by atoms with van der Waals surface area (Å²) in [5, 5.41) is 3.48. The number of hydrogen-bond donors (Lipinski definition) is 1. The van der Waals surface area contributed by atoms with E-state index in [9.17, 15) is 14.4 Å². The molecule has 2 aromatic carbocycles. The third kappa shape index (κ3) is 5.14. The van der Waals surface area contributed by atoms with Gasteiger partial charge in [-0.1, -0.05) is 73.2 Å². The van der Waals surface area contributed by atoms with Crippen LogP contribution in [0.5, 0.6) is 0 Å². The van der Waals surface area contributed by atoms with E-state index in [0.717, 1.165) is 24.0 Å². The molecule has 0 aliphatic carbocycles. The maximum absolute atomic E-state index is 14.5. The zero-order chi connectivity index (χ0) is 27.4. The van der Waals surface area contributed by atoms with E-state index in [2.05, 4.69) is 5.32 Å². The first-order valence-corrected chi connectivity index (χ1v) is 13.4. The van der Waals surface area contributed by atoms with Crippen molar-refractivity contribution in [3.05, 3.63) is 95.1 Å². The second-order valence-electron chi connectivity index (χ2n) is 10.1. The number of benzene rings is 2. The minimum atomic E-state index is -1.33. The first-order chi connectivity index (χ1) is 19.0. The minimum absolute atomic E-state index is 0.0832. The van der Waals surface area contributed by atoms with Crippen LogP contribution in [-0.2, 0) is 41.6 Å². The van der Waals surface area contributed by atoms with Crippen LogP contribution in [0.25, 0.3) is 0 Å². The molecule has 204 valence electrons. The molecular weight excluding hydrogens is 496 g/mol. The molecule has 4 atom stereocenters. The monoisotopic (exact) mass is 530 g/mol. The Kier molecular flexibility index (Phi) is 7.95. The molecule has 0 aromatic heterocycles. The lowest BCUT2D eigenvalue weighted by molar-refractivity contribution is -0.146. The molecule has 1 N–H and O–H groups in total. The summed E-state index contributed by atoms with van der Waals surface area (Å²) >= 11 is 0. The van der Waals surface area contributed by atoms with E-state index in [1.54, 1.807) is 6.08 Å². The molecule has 0 spiro atoms. The standard InChI is InChI=1S/C31H34N2O6/c1-37-29(35)26-24-16-17-31(39-24,27(26)30(36)38-2)25-15-9-10-18-32-23(19-21-11-5-3-6-12-21)28(34)33(25)20-22-13-7-4-8-14-22/h3-8,11-14,16-17,23-25,32H,9-10,15,18-20H2,1-2H3/t23-,24+,25-,31+/m0/s1. The van der Waals surface area contributed by atoms with Crippen LogP contribution in [0.15, 0.2) is 84.0 Å². The average Bonchev–Trinajstić information content (AvgIpc) is 3.56. The average molecular weight is 531 g/mol. The number of ether oxygens (including phenoxy) is 3. The number of carbonyl (C=O) groups excluding carboxylic acids is 3. The van der Waals surface area contributed by atoms with Crippen molar-refractivity contribution in [2.75, 3.05) is 20.8 Å². The molecule has 3 aliphatic rings. The first kappa shape index (κ1) is 26.8. The fourth-order valence-corrected chi connectivity index (χ4v) is 5.98. The Bertz CT molecular complexity index is 1270. The lowest BCUT2D eigenvalue weighted by atomic mass is 9.78. The van der Waals surface area contributed by atoms with Crippen molar-refractivity contribution in [1.82, 2.24) is 10.2 Å². The topological polar surface area (TPSA) is 94.2 Å². The molecule has 8 nitrogen and oxygen atoms in total. The highest BCUT2D eigenvalue weighted by Crippen LogP contribution is 2.49. The Morgan fingerprint density at radius 1 is 0.974 bits per heavy atom. The molecule has 0 saturated carbocycles. The summed E-state index contributed by atoms with van der Waals surface area (Å²) in [7, 11) is 2.56. The van der Waals surface area contributed by atoms with Crippen LogP contribution in [0.3, 0.4) is 0 Å². The Morgan fingerprint density at radius 2 is 1.64 bits per heavy atom. The van der Waals surface area contributed by atoms with Gasteiger partial charge < -0.3 is 24.4 Å². The van der Waals surface area contributed by atoms with Crippen molar-refractivity contribution in [3.63, 3.8) is 0 Å². The molecule has 0 unspecified atom stereocenters. The number of fused-ring (bicyclic) bond motifs is 2. The van der Waals surface area contributed by atoms with Gasteiger partial charge in [-0.25, -0.2) is 9.59 Å². The van der Waals surface area contributed by atoms with E-state index in [-0.39, 0.29) is 17.1 Å². The van der Waals surface area contributed by atoms with E-state index in [4.69, 9.17) is 14.2 Å². The Balaban J connectivity index is 1.61. The summed E-state index contributed by atoms with van der Waals surface area (Å²) in [5.41, 5.74) is 0.939. The number of hydrogen-bond acceptors (Lipinski definition) is 7. The fraction of sp³-hybridized carbons (Fsp3) is 0.387. The van der Waals surface area contributed by atoms with Crippen LogP contribution in [0.2, 0.25) is 0 Å². The molecule has 1 fully saturated rings. The SMILES string of the molecule is COC(=O)C1=C(C(=O)OC)[C@]2([C@@H]3CCCCN[C@@H](Cc4ccccc4)C(=O)N3Cc3ccccc3)C=C[C@H]1O2. The summed E-state index contributed by atoms with van der Waals surface area (Å²) in [6, 6.07) is 18.7. The van der Waals surface area contributed by atoms with E-state index < -0.39 is 35.7 Å². The number of nitrogens with zero attached hydrogens (tertiary/aromatic N) is 1. The summed E-state index contributed by atoms with van der Waals surface area (Å²) in [4.78, 5) is 42.4. The second-order valence-corrected chi connectivity index (χ2v) is 10.1. The lowest BCUT2D eigenvalue weighted by Gasteiger charge is -2.43. The molecule has 39 heavy (non-hydrogen) atoms. The van der Waals surface area contributed by atoms with E-state index in [0.29, 0.717) is 25.9 Å². The van der Waals surface area contributed by atoms with Gasteiger partial charge in [-0.3, -0.25) is 4.79 Å². The Hall–Kier alpha value is -3.75. The quantitative estimate of drug-likeness (QED) is 0.434. The normalized spacial score (nSPS) is 26.7. The molecule has 3 aliphatic heterocycles. The van der Waals surface area contributed by atoms with Gasteiger partial charge in [0.1, 0.15) is 11.7 Å². The highest BCUT2D eigenvalue weighted by molar-refractivity contribution is 6.05. The van der Waals surface area contributed by atoms with Crippen LogP contribution in [0, 0.1) is 0 Å². The third-order valence-electron chi connectivity index (χ3n) is 7.81. The predicted molar refractivity (Wildman–Crippen MR) is 144 cm³/mol.